The van der Waals surface area contributed by atoms with Crippen molar-refractivity contribution in [1.29, 1.82) is 0 Å². The predicted molar refractivity (Wildman–Crippen MR) is 88.3 cm³/mol. The lowest BCUT2D eigenvalue weighted by Gasteiger charge is -2.08. The average Bonchev–Trinajstić information content (AvgIpc) is 3.01. The molecule has 2 aromatic rings. The summed E-state index contributed by atoms with van der Waals surface area (Å²) in [5.41, 5.74) is -0.325. The van der Waals surface area contributed by atoms with E-state index in [2.05, 4.69) is 20.7 Å². The molecule has 2 aromatic heterocycles. The first-order valence-corrected chi connectivity index (χ1v) is 7.86. The summed E-state index contributed by atoms with van der Waals surface area (Å²) in [4.78, 5) is 27.5. The van der Waals surface area contributed by atoms with E-state index in [1.54, 1.807) is 6.92 Å². The van der Waals surface area contributed by atoms with Crippen molar-refractivity contribution in [2.45, 2.75) is 13.1 Å². The quantitative estimate of drug-likeness (QED) is 0.696. The van der Waals surface area contributed by atoms with Crippen LogP contribution in [0.15, 0.2) is 24.5 Å². The summed E-state index contributed by atoms with van der Waals surface area (Å²) < 4.78 is 43.8. The van der Waals surface area contributed by atoms with Gasteiger partial charge in [-0.2, -0.15) is 18.3 Å². The van der Waals surface area contributed by atoms with Crippen LogP contribution in [0.1, 0.15) is 21.6 Å². The Morgan fingerprint density at radius 2 is 1.96 bits per heavy atom. The Bertz CT molecular complexity index is 803. The molecule has 0 spiro atoms. The first-order chi connectivity index (χ1) is 12.7. The van der Waals surface area contributed by atoms with E-state index < -0.39 is 17.6 Å². The number of methoxy groups -OCH3 is 1. The molecular formula is C16H18F3N5O3. The van der Waals surface area contributed by atoms with E-state index in [9.17, 15) is 22.8 Å². The van der Waals surface area contributed by atoms with Gasteiger partial charge in [-0.25, -0.2) is 9.67 Å². The van der Waals surface area contributed by atoms with Gasteiger partial charge in [0, 0.05) is 19.9 Å². The van der Waals surface area contributed by atoms with Crippen LogP contribution in [0.25, 0.3) is 5.82 Å². The molecule has 0 saturated heterocycles. The highest BCUT2D eigenvalue weighted by atomic mass is 19.4. The number of halogens is 3. The molecular weight excluding hydrogens is 367 g/mol. The van der Waals surface area contributed by atoms with Crippen molar-refractivity contribution in [3.05, 3.63) is 41.3 Å². The summed E-state index contributed by atoms with van der Waals surface area (Å²) in [5, 5.41) is 8.98. The van der Waals surface area contributed by atoms with E-state index in [-0.39, 0.29) is 23.8 Å². The summed E-state index contributed by atoms with van der Waals surface area (Å²) in [6.07, 6.45) is -2.53. The van der Waals surface area contributed by atoms with E-state index in [4.69, 9.17) is 4.74 Å². The number of ether oxygens (including phenoxy) is 1. The number of carbonyl (C=O) groups excluding carboxylic acids is 2. The van der Waals surface area contributed by atoms with Gasteiger partial charge in [0.15, 0.2) is 5.82 Å². The van der Waals surface area contributed by atoms with Gasteiger partial charge in [-0.1, -0.05) is 0 Å². The van der Waals surface area contributed by atoms with Crippen molar-refractivity contribution >= 4 is 11.8 Å². The molecule has 146 valence electrons. The number of pyridine rings is 1. The molecule has 2 rings (SSSR count). The minimum Gasteiger partial charge on any atom is -0.383 e. The van der Waals surface area contributed by atoms with Gasteiger partial charge < -0.3 is 15.4 Å². The van der Waals surface area contributed by atoms with Gasteiger partial charge in [-0.3, -0.25) is 9.59 Å². The maximum Gasteiger partial charge on any atom is 0.417 e. The van der Waals surface area contributed by atoms with Gasteiger partial charge in [0.1, 0.15) is 0 Å². The third kappa shape index (κ3) is 5.26. The number of rotatable bonds is 7. The molecule has 0 aliphatic carbocycles. The molecule has 0 unspecified atom stereocenters. The summed E-state index contributed by atoms with van der Waals surface area (Å²) >= 11 is 0. The zero-order valence-corrected chi connectivity index (χ0v) is 14.6. The summed E-state index contributed by atoms with van der Waals surface area (Å²) in [6, 6.07) is 2.04. The molecule has 0 saturated carbocycles. The Kier molecular flexibility index (Phi) is 6.50. The lowest BCUT2D eigenvalue weighted by Crippen LogP contribution is -2.38. The Morgan fingerprint density at radius 3 is 2.56 bits per heavy atom. The molecule has 0 atom stereocenters. The monoisotopic (exact) mass is 385 g/mol. The Labute approximate surface area is 152 Å². The lowest BCUT2D eigenvalue weighted by molar-refractivity contribution is -0.137. The molecule has 11 heteroatoms. The smallest absolute Gasteiger partial charge is 0.383 e. The first-order valence-electron chi connectivity index (χ1n) is 7.86. The third-order valence-corrected chi connectivity index (χ3v) is 3.58. The van der Waals surface area contributed by atoms with Crippen LogP contribution in [-0.2, 0) is 15.7 Å². The van der Waals surface area contributed by atoms with E-state index in [1.807, 2.05) is 0 Å². The second-order valence-corrected chi connectivity index (χ2v) is 5.48. The van der Waals surface area contributed by atoms with Crippen molar-refractivity contribution < 1.29 is 27.5 Å². The van der Waals surface area contributed by atoms with Crippen molar-refractivity contribution in [2.24, 2.45) is 0 Å². The summed E-state index contributed by atoms with van der Waals surface area (Å²) in [7, 11) is 1.50. The fourth-order valence-corrected chi connectivity index (χ4v) is 2.15. The summed E-state index contributed by atoms with van der Waals surface area (Å²) in [5.74, 6) is -0.778. The number of nitrogens with zero attached hydrogens (tertiary/aromatic N) is 3. The largest absolute Gasteiger partial charge is 0.417 e. The van der Waals surface area contributed by atoms with Crippen LogP contribution in [0.2, 0.25) is 0 Å². The number of hydrogen-bond acceptors (Lipinski definition) is 5. The van der Waals surface area contributed by atoms with Crippen molar-refractivity contribution in [3.63, 3.8) is 0 Å². The Balaban J connectivity index is 2.04. The standard InChI is InChI=1S/C16H18F3N5O3/c1-10-12(15(26)22-9-14(25)20-5-6-27-2)8-23-24(10)13-4-3-11(7-21-13)16(17,18)19/h3-4,7-8H,5-6,9H2,1-2H3,(H,20,25)(H,22,26). The van der Waals surface area contributed by atoms with Gasteiger partial charge in [0.2, 0.25) is 5.91 Å². The number of amides is 2. The topological polar surface area (TPSA) is 98.1 Å². The number of aromatic nitrogens is 3. The number of carbonyl (C=O) groups is 2. The molecule has 8 nitrogen and oxygen atoms in total. The van der Waals surface area contributed by atoms with Crippen LogP contribution in [-0.4, -0.2) is 53.4 Å². The van der Waals surface area contributed by atoms with Gasteiger partial charge in [-0.15, -0.1) is 0 Å². The zero-order valence-electron chi connectivity index (χ0n) is 14.6. The van der Waals surface area contributed by atoms with Gasteiger partial charge in [-0.05, 0) is 19.1 Å². The molecule has 0 radical (unpaired) electrons. The van der Waals surface area contributed by atoms with E-state index in [0.717, 1.165) is 12.1 Å². The molecule has 0 aliphatic heterocycles. The highest BCUT2D eigenvalue weighted by molar-refractivity contribution is 5.97. The van der Waals surface area contributed by atoms with Crippen molar-refractivity contribution in [1.82, 2.24) is 25.4 Å². The minimum atomic E-state index is -4.49. The number of nitrogens with one attached hydrogen (secondary N) is 2. The normalized spacial score (nSPS) is 11.3. The third-order valence-electron chi connectivity index (χ3n) is 3.58. The van der Waals surface area contributed by atoms with E-state index in [0.29, 0.717) is 25.0 Å². The minimum absolute atomic E-state index is 0.136. The molecule has 0 fully saturated rings. The Morgan fingerprint density at radius 1 is 1.22 bits per heavy atom. The fraction of sp³-hybridized carbons (Fsp3) is 0.375. The Hall–Kier alpha value is -2.95. The second kappa shape index (κ2) is 8.62. The van der Waals surface area contributed by atoms with Crippen LogP contribution < -0.4 is 10.6 Å². The van der Waals surface area contributed by atoms with Gasteiger partial charge in [0.05, 0.1) is 36.2 Å². The van der Waals surface area contributed by atoms with E-state index >= 15 is 0 Å². The fourth-order valence-electron chi connectivity index (χ4n) is 2.15. The lowest BCUT2D eigenvalue weighted by atomic mass is 10.2. The van der Waals surface area contributed by atoms with Crippen LogP contribution >= 0.6 is 0 Å². The molecule has 2 N–H and O–H groups in total. The van der Waals surface area contributed by atoms with Crippen LogP contribution in [0.5, 0.6) is 0 Å². The molecule has 0 aromatic carbocycles. The van der Waals surface area contributed by atoms with Crippen LogP contribution in [0.3, 0.4) is 0 Å². The average molecular weight is 385 g/mol. The molecule has 0 bridgehead atoms. The predicted octanol–water partition coefficient (Wildman–Crippen LogP) is 1.09. The van der Waals surface area contributed by atoms with Crippen LogP contribution in [0.4, 0.5) is 13.2 Å². The number of hydrogen-bond donors (Lipinski definition) is 2. The maximum absolute atomic E-state index is 12.6. The second-order valence-electron chi connectivity index (χ2n) is 5.48. The number of alkyl halides is 3. The molecule has 0 aliphatic rings. The molecule has 2 amide bonds. The maximum atomic E-state index is 12.6. The summed E-state index contributed by atoms with van der Waals surface area (Å²) in [6.45, 7) is 2.01. The first kappa shape index (κ1) is 20.4. The van der Waals surface area contributed by atoms with E-state index in [1.165, 1.54) is 18.0 Å². The SMILES string of the molecule is COCCNC(=O)CNC(=O)c1cnn(-c2ccc(C(F)(F)F)cn2)c1C. The van der Waals surface area contributed by atoms with Gasteiger partial charge >= 0.3 is 6.18 Å². The highest BCUT2D eigenvalue weighted by Crippen LogP contribution is 2.28. The zero-order chi connectivity index (χ0) is 20.0. The molecule has 27 heavy (non-hydrogen) atoms. The van der Waals surface area contributed by atoms with Gasteiger partial charge in [0.25, 0.3) is 5.91 Å². The van der Waals surface area contributed by atoms with Crippen molar-refractivity contribution in [2.75, 3.05) is 26.8 Å². The van der Waals surface area contributed by atoms with Crippen LogP contribution in [0, 0.1) is 6.92 Å². The highest BCUT2D eigenvalue weighted by Gasteiger charge is 2.30. The molecule has 2 heterocycles. The van der Waals surface area contributed by atoms with Crippen molar-refractivity contribution in [3.8, 4) is 5.82 Å².